The Balaban J connectivity index is 3.89. The minimum Gasteiger partial charge on any atom is -0.462 e. The molecule has 0 fully saturated rings. The summed E-state index contributed by atoms with van der Waals surface area (Å²) in [5, 5.41) is 0. The van der Waals surface area contributed by atoms with Crippen molar-refractivity contribution in [1.82, 2.24) is 0 Å². The van der Waals surface area contributed by atoms with E-state index in [0.717, 1.165) is 122 Å². The van der Waals surface area contributed by atoms with Crippen LogP contribution in [0.1, 0.15) is 367 Å². The van der Waals surface area contributed by atoms with Crippen LogP contribution >= 0.6 is 7.82 Å². The van der Waals surface area contributed by atoms with Crippen molar-refractivity contribution in [2.75, 3.05) is 26.4 Å². The zero-order valence-electron chi connectivity index (χ0n) is 62.3. The molecule has 0 aliphatic rings. The highest BCUT2D eigenvalue weighted by atomic mass is 31.2. The van der Waals surface area contributed by atoms with Crippen LogP contribution in [0.5, 0.6) is 0 Å². The van der Waals surface area contributed by atoms with E-state index in [1.165, 1.54) is 212 Å². The van der Waals surface area contributed by atoms with Crippen molar-refractivity contribution in [1.29, 1.82) is 0 Å². The molecule has 552 valence electrons. The third kappa shape index (κ3) is 79.1. The summed E-state index contributed by atoms with van der Waals surface area (Å²) in [5.74, 6) is -0.844. The zero-order chi connectivity index (χ0) is 69.3. The Morgan fingerprint density at radius 1 is 0.323 bits per heavy atom. The number of phosphoric acid groups is 1. The summed E-state index contributed by atoms with van der Waals surface area (Å²) in [6.07, 6.45) is 114. The summed E-state index contributed by atoms with van der Waals surface area (Å²) in [5.41, 5.74) is 5.41. The van der Waals surface area contributed by atoms with Gasteiger partial charge in [0.15, 0.2) is 6.10 Å². The number of nitrogens with two attached hydrogens (primary N) is 1. The molecule has 0 aliphatic carbocycles. The van der Waals surface area contributed by atoms with Crippen LogP contribution in [-0.2, 0) is 32.7 Å². The molecule has 10 heteroatoms. The van der Waals surface area contributed by atoms with Gasteiger partial charge in [0.25, 0.3) is 0 Å². The molecule has 0 heterocycles. The van der Waals surface area contributed by atoms with Crippen LogP contribution in [0.15, 0.2) is 134 Å². The SMILES string of the molecule is CC/C=C\C/C=C\C/C=C\C/C=C\C/C=C\C/C=C\C/C=C\C/C=C\C/C=C\C/C=C\C/C=C\CCCCCCCC(=O)OC(COC(=O)CCCCCCCCCCCCCCCCCCCCCCCCCCCCCCCCCCCCCC)COP(=O)(O)OCCN. The smallest absolute Gasteiger partial charge is 0.462 e. The van der Waals surface area contributed by atoms with Crippen LogP contribution in [0, 0.1) is 0 Å². The number of phosphoric ester groups is 1. The van der Waals surface area contributed by atoms with Gasteiger partial charge in [0, 0.05) is 19.4 Å². The first-order valence-corrected chi connectivity index (χ1v) is 41.7. The van der Waals surface area contributed by atoms with Gasteiger partial charge in [-0.15, -0.1) is 0 Å². The molecular formula is C86H150NO8P. The van der Waals surface area contributed by atoms with Gasteiger partial charge in [-0.05, 0) is 96.3 Å². The van der Waals surface area contributed by atoms with Crippen LogP contribution < -0.4 is 5.73 Å². The van der Waals surface area contributed by atoms with Gasteiger partial charge in [0.1, 0.15) is 6.61 Å². The van der Waals surface area contributed by atoms with Crippen LogP contribution in [-0.4, -0.2) is 49.3 Å². The maximum atomic E-state index is 12.8. The summed E-state index contributed by atoms with van der Waals surface area (Å²) in [4.78, 5) is 35.4. The molecule has 9 nitrogen and oxygen atoms in total. The Labute approximate surface area is 593 Å². The summed E-state index contributed by atoms with van der Waals surface area (Å²) in [6, 6.07) is 0. The Morgan fingerprint density at radius 2 is 0.573 bits per heavy atom. The molecule has 0 aromatic carbocycles. The fourth-order valence-electron chi connectivity index (χ4n) is 11.4. The normalized spacial score (nSPS) is 13.6. The van der Waals surface area contributed by atoms with E-state index >= 15 is 0 Å². The van der Waals surface area contributed by atoms with Gasteiger partial charge in [-0.1, -0.05) is 392 Å². The maximum absolute atomic E-state index is 12.8. The summed E-state index contributed by atoms with van der Waals surface area (Å²) in [6.45, 7) is 3.65. The van der Waals surface area contributed by atoms with Gasteiger partial charge in [-0.2, -0.15) is 0 Å². The van der Waals surface area contributed by atoms with E-state index in [2.05, 4.69) is 148 Å². The molecule has 2 unspecified atom stereocenters. The highest BCUT2D eigenvalue weighted by molar-refractivity contribution is 7.47. The standard InChI is InChI=1S/C86H150NO8P/c1-3-5-7-9-11-13-15-17-19-21-23-25-27-29-31-33-35-37-39-41-42-43-45-47-49-51-53-55-57-59-61-63-65-67-69-71-73-75-77-79-86(89)95-84(83-94-96(90,91)93-81-80-87)82-92-85(88)78-76-74-72-70-68-66-64-62-60-58-56-54-52-50-48-46-44-40-38-36-34-32-30-28-26-24-22-20-18-16-14-12-10-8-6-4-2/h5,7,11,13,17,19,23,25,29,31,35,37,41-42,45,47,51,53,57,59,63,65,84H,3-4,6,8-10,12,14-16,18,20-22,24,26-28,30,32-34,36,38-40,43-44,46,48-50,52,54-56,58,60-62,64,66-83,87H2,1-2H3,(H,90,91)/b7-5-,13-11-,19-17-,25-23-,31-29-,37-35-,42-41-,47-45-,53-51-,59-57-,65-63-. The van der Waals surface area contributed by atoms with Crippen LogP contribution in [0.4, 0.5) is 0 Å². The lowest BCUT2D eigenvalue weighted by molar-refractivity contribution is -0.161. The Morgan fingerprint density at radius 3 is 0.854 bits per heavy atom. The monoisotopic (exact) mass is 1360 g/mol. The van der Waals surface area contributed by atoms with Crippen LogP contribution in [0.2, 0.25) is 0 Å². The second kappa shape index (κ2) is 80.1. The summed E-state index contributed by atoms with van der Waals surface area (Å²) >= 11 is 0. The lowest BCUT2D eigenvalue weighted by Gasteiger charge is -2.19. The van der Waals surface area contributed by atoms with Crippen molar-refractivity contribution >= 4 is 19.8 Å². The van der Waals surface area contributed by atoms with Crippen LogP contribution in [0.3, 0.4) is 0 Å². The first-order chi connectivity index (χ1) is 47.3. The van der Waals surface area contributed by atoms with E-state index in [4.69, 9.17) is 24.3 Å². The topological polar surface area (TPSA) is 134 Å². The predicted molar refractivity (Wildman–Crippen MR) is 417 cm³/mol. The van der Waals surface area contributed by atoms with Gasteiger partial charge in [0.2, 0.25) is 0 Å². The maximum Gasteiger partial charge on any atom is 0.472 e. The minimum absolute atomic E-state index is 0.0451. The average molecular weight is 1360 g/mol. The number of allylic oxidation sites excluding steroid dienone is 22. The van der Waals surface area contributed by atoms with E-state index in [0.29, 0.717) is 6.42 Å². The number of esters is 2. The molecule has 0 rings (SSSR count). The van der Waals surface area contributed by atoms with Gasteiger partial charge < -0.3 is 20.1 Å². The van der Waals surface area contributed by atoms with E-state index in [1.807, 2.05) is 0 Å². The van der Waals surface area contributed by atoms with Crippen molar-refractivity contribution < 1.29 is 37.6 Å². The van der Waals surface area contributed by atoms with Crippen LogP contribution in [0.25, 0.3) is 0 Å². The van der Waals surface area contributed by atoms with Crippen molar-refractivity contribution in [2.24, 2.45) is 5.73 Å². The average Bonchev–Trinajstić information content (AvgIpc) is 3.21. The molecule has 0 saturated heterocycles. The van der Waals surface area contributed by atoms with Gasteiger partial charge in [-0.25, -0.2) is 4.57 Å². The molecule has 2 atom stereocenters. The van der Waals surface area contributed by atoms with Gasteiger partial charge in [0.05, 0.1) is 13.2 Å². The molecule has 3 N–H and O–H groups in total. The van der Waals surface area contributed by atoms with Crippen molar-refractivity contribution in [2.45, 2.75) is 373 Å². The lowest BCUT2D eigenvalue weighted by atomic mass is 10.0. The fraction of sp³-hybridized carbons (Fsp3) is 0.721. The first-order valence-electron chi connectivity index (χ1n) is 40.2. The second-order valence-corrected chi connectivity index (χ2v) is 28.0. The number of carbonyl (C=O) groups excluding carboxylic acids is 2. The first kappa shape index (κ1) is 92.2. The third-order valence-corrected chi connectivity index (χ3v) is 18.3. The molecule has 0 saturated carbocycles. The van der Waals surface area contributed by atoms with Crippen molar-refractivity contribution in [3.8, 4) is 0 Å². The van der Waals surface area contributed by atoms with Crippen molar-refractivity contribution in [3.05, 3.63) is 134 Å². The number of hydrogen-bond acceptors (Lipinski definition) is 8. The Hall–Kier alpha value is -3.85. The van der Waals surface area contributed by atoms with Gasteiger partial charge >= 0.3 is 19.8 Å². The Kier molecular flexibility index (Phi) is 76.9. The van der Waals surface area contributed by atoms with E-state index in [-0.39, 0.29) is 38.6 Å². The molecule has 0 aromatic heterocycles. The molecule has 96 heavy (non-hydrogen) atoms. The van der Waals surface area contributed by atoms with E-state index < -0.39 is 26.5 Å². The quantitative estimate of drug-likeness (QED) is 0.0264. The third-order valence-electron chi connectivity index (χ3n) is 17.3. The number of unbranched alkanes of at least 4 members (excludes halogenated alkanes) is 40. The molecule has 0 spiro atoms. The Bertz CT molecular complexity index is 2050. The molecule has 0 amide bonds. The van der Waals surface area contributed by atoms with E-state index in [9.17, 15) is 19.0 Å². The molecule has 0 aromatic rings. The molecular weight excluding hydrogens is 1210 g/mol. The second-order valence-electron chi connectivity index (χ2n) is 26.6. The number of ether oxygens (including phenoxy) is 2. The van der Waals surface area contributed by atoms with E-state index in [1.54, 1.807) is 0 Å². The molecule has 0 aliphatic heterocycles. The number of hydrogen-bond donors (Lipinski definition) is 2. The largest absolute Gasteiger partial charge is 0.472 e. The summed E-state index contributed by atoms with van der Waals surface area (Å²) < 4.78 is 33.2. The highest BCUT2D eigenvalue weighted by Crippen LogP contribution is 2.43. The molecule has 0 bridgehead atoms. The van der Waals surface area contributed by atoms with Gasteiger partial charge in [-0.3, -0.25) is 18.6 Å². The zero-order valence-corrected chi connectivity index (χ0v) is 63.2. The lowest BCUT2D eigenvalue weighted by Crippen LogP contribution is -2.29. The molecule has 0 radical (unpaired) electrons. The minimum atomic E-state index is -4.41. The van der Waals surface area contributed by atoms with Crippen molar-refractivity contribution in [3.63, 3.8) is 0 Å². The predicted octanol–water partition coefficient (Wildman–Crippen LogP) is 27.1. The highest BCUT2D eigenvalue weighted by Gasteiger charge is 2.26. The number of carbonyl (C=O) groups is 2. The number of rotatable bonds is 75. The summed E-state index contributed by atoms with van der Waals surface area (Å²) in [7, 11) is -4.41. The fourth-order valence-corrected chi connectivity index (χ4v) is 12.2.